The predicted octanol–water partition coefficient (Wildman–Crippen LogP) is 8.32. The van der Waals surface area contributed by atoms with Gasteiger partial charge in [0, 0.05) is 0 Å². The van der Waals surface area contributed by atoms with Crippen molar-refractivity contribution in [3.8, 4) is 0 Å². The van der Waals surface area contributed by atoms with Crippen LogP contribution in [0.4, 0.5) is 79.0 Å². The van der Waals surface area contributed by atoms with Crippen molar-refractivity contribution in [1.82, 2.24) is 0 Å². The minimum atomic E-state index is -7.35. The molecule has 0 heterocycles. The molecule has 220 valence electrons. The Bertz CT molecular complexity index is 715. The van der Waals surface area contributed by atoms with E-state index in [-0.39, 0.29) is 12.2 Å². The molecule has 19 heteroatoms. The van der Waals surface area contributed by atoms with E-state index in [1.54, 1.807) is 0 Å². The minimum absolute atomic E-state index is 0.262. The van der Waals surface area contributed by atoms with Crippen molar-refractivity contribution in [2.75, 3.05) is 13.2 Å². The molecule has 0 aromatic rings. The lowest BCUT2D eigenvalue weighted by molar-refractivity contribution is -0.406. The van der Waals surface area contributed by atoms with Gasteiger partial charge in [-0.1, -0.05) is 12.2 Å². The van der Waals surface area contributed by atoms with Crippen LogP contribution in [-0.4, -0.2) is 61.1 Å². The van der Waals surface area contributed by atoms with E-state index in [2.05, 4.69) is 17.9 Å². The van der Waals surface area contributed by atoms with Gasteiger partial charge in [0.15, 0.2) is 0 Å². The predicted molar refractivity (Wildman–Crippen MR) is 89.2 cm³/mol. The van der Waals surface area contributed by atoms with Gasteiger partial charge in [0.1, 0.15) is 0 Å². The smallest absolute Gasteiger partial charge is 0.380 e. The molecule has 0 saturated heterocycles. The Hall–Kier alpha value is -1.82. The Kier molecular flexibility index (Phi) is 10.2. The summed E-state index contributed by atoms with van der Waals surface area (Å²) in [5.41, 5.74) is 0. The average Bonchev–Trinajstić information content (AvgIpc) is 2.69. The van der Waals surface area contributed by atoms with Gasteiger partial charge in [-0.25, -0.2) is 0 Å². The number of hydrogen-bond donors (Lipinski definition) is 0. The quantitative estimate of drug-likeness (QED) is 0.146. The lowest BCUT2D eigenvalue weighted by Gasteiger charge is -2.38. The Balaban J connectivity index is 6.10. The summed E-state index contributed by atoms with van der Waals surface area (Å²) in [7, 11) is 0. The lowest BCUT2D eigenvalue weighted by Crippen LogP contribution is -2.64. The van der Waals surface area contributed by atoms with Crippen molar-refractivity contribution >= 4 is 0 Å². The molecular formula is C18H16F18O. The van der Waals surface area contributed by atoms with Crippen molar-refractivity contribution in [3.05, 3.63) is 25.3 Å². The number of allylic oxidation sites excluding steroid dienone is 2. The Morgan fingerprint density at radius 3 is 0.892 bits per heavy atom. The minimum Gasteiger partial charge on any atom is -0.380 e. The van der Waals surface area contributed by atoms with Gasteiger partial charge in [-0.2, -0.15) is 79.0 Å². The van der Waals surface area contributed by atoms with Crippen molar-refractivity contribution in [2.24, 2.45) is 11.8 Å². The topological polar surface area (TPSA) is 9.23 Å². The third kappa shape index (κ3) is 6.10. The van der Waals surface area contributed by atoms with Crippen molar-refractivity contribution in [1.29, 1.82) is 0 Å². The van der Waals surface area contributed by atoms with Gasteiger partial charge in [-0.05, 0) is 12.8 Å². The molecule has 0 saturated carbocycles. The van der Waals surface area contributed by atoms with Crippen molar-refractivity contribution in [2.45, 2.75) is 60.7 Å². The standard InChI is InChI=1S/C18H16F18O/c1-3-5-9(11(19,20)13(23,24)15(27,28)17(31,32)33)7-37-8-10(6-4-2)12(21,22)14(25,26)16(29,30)18(34,35)36/h3-4,9-10H,1-2,5-8H2. The second kappa shape index (κ2) is 10.7. The van der Waals surface area contributed by atoms with Gasteiger partial charge in [-0.3, -0.25) is 0 Å². The summed E-state index contributed by atoms with van der Waals surface area (Å²) in [6.07, 6.45) is -17.0. The molecule has 0 aliphatic heterocycles. The van der Waals surface area contributed by atoms with Gasteiger partial charge in [0.25, 0.3) is 0 Å². The number of rotatable bonds is 14. The fourth-order valence-corrected chi connectivity index (χ4v) is 2.68. The summed E-state index contributed by atoms with van der Waals surface area (Å²) < 4.78 is 241. The monoisotopic (exact) mass is 590 g/mol. The Morgan fingerprint density at radius 1 is 0.459 bits per heavy atom. The molecule has 37 heavy (non-hydrogen) atoms. The van der Waals surface area contributed by atoms with Crippen LogP contribution in [0.2, 0.25) is 0 Å². The van der Waals surface area contributed by atoms with E-state index >= 15 is 0 Å². The fourth-order valence-electron chi connectivity index (χ4n) is 2.68. The van der Waals surface area contributed by atoms with Crippen LogP contribution >= 0.6 is 0 Å². The van der Waals surface area contributed by atoms with Gasteiger partial charge in [0.05, 0.1) is 25.0 Å². The van der Waals surface area contributed by atoms with E-state index in [0.29, 0.717) is 0 Å². The second-order valence-corrected chi connectivity index (χ2v) is 7.52. The summed E-state index contributed by atoms with van der Waals surface area (Å²) in [6.45, 7) is 1.15. The summed E-state index contributed by atoms with van der Waals surface area (Å²) in [5.74, 6) is -48.6. The van der Waals surface area contributed by atoms with Crippen LogP contribution in [0, 0.1) is 11.8 Å². The molecule has 0 N–H and O–H groups in total. The zero-order valence-corrected chi connectivity index (χ0v) is 17.8. The van der Waals surface area contributed by atoms with Gasteiger partial charge >= 0.3 is 47.9 Å². The maximum atomic E-state index is 14.1. The van der Waals surface area contributed by atoms with Crippen LogP contribution < -0.4 is 0 Å². The van der Waals surface area contributed by atoms with E-state index in [0.717, 1.165) is 0 Å². The maximum absolute atomic E-state index is 14.1. The molecule has 2 atom stereocenters. The largest absolute Gasteiger partial charge is 0.460 e. The number of ether oxygens (including phenoxy) is 1. The van der Waals surface area contributed by atoms with Gasteiger partial charge in [-0.15, -0.1) is 13.2 Å². The zero-order chi connectivity index (χ0) is 30.1. The summed E-state index contributed by atoms with van der Waals surface area (Å²) in [6, 6.07) is 0. The highest BCUT2D eigenvalue weighted by atomic mass is 19.4. The molecule has 0 aliphatic carbocycles. The zero-order valence-electron chi connectivity index (χ0n) is 17.8. The highest BCUT2D eigenvalue weighted by molar-refractivity contribution is 5.05. The molecule has 0 fully saturated rings. The van der Waals surface area contributed by atoms with E-state index in [1.165, 1.54) is 0 Å². The first-order valence-electron chi connectivity index (χ1n) is 9.32. The molecule has 0 aromatic heterocycles. The van der Waals surface area contributed by atoms with Crippen LogP contribution in [0.5, 0.6) is 0 Å². The molecule has 0 amide bonds. The first kappa shape index (κ1) is 35.2. The molecule has 1 nitrogen and oxygen atoms in total. The summed E-state index contributed by atoms with van der Waals surface area (Å²) in [4.78, 5) is 0. The molecule has 2 unspecified atom stereocenters. The molecule has 0 aliphatic rings. The van der Waals surface area contributed by atoms with Crippen molar-refractivity contribution < 1.29 is 83.8 Å². The van der Waals surface area contributed by atoms with E-state index in [1.807, 2.05) is 0 Å². The normalized spacial score (nSPS) is 16.9. The van der Waals surface area contributed by atoms with E-state index in [9.17, 15) is 79.0 Å². The number of alkyl halides is 18. The highest BCUT2D eigenvalue weighted by Crippen LogP contribution is 2.57. The lowest BCUT2D eigenvalue weighted by atomic mass is 9.88. The maximum Gasteiger partial charge on any atom is 0.460 e. The second-order valence-electron chi connectivity index (χ2n) is 7.52. The molecular weight excluding hydrogens is 574 g/mol. The molecule has 0 bridgehead atoms. The van der Waals surface area contributed by atoms with Crippen LogP contribution in [0.15, 0.2) is 25.3 Å². The van der Waals surface area contributed by atoms with Crippen LogP contribution in [-0.2, 0) is 4.74 Å². The molecule has 0 radical (unpaired) electrons. The molecule has 0 aromatic carbocycles. The van der Waals surface area contributed by atoms with E-state index < -0.39 is 85.8 Å². The summed E-state index contributed by atoms with van der Waals surface area (Å²) in [5, 5.41) is 0. The summed E-state index contributed by atoms with van der Waals surface area (Å²) >= 11 is 0. The van der Waals surface area contributed by atoms with E-state index in [4.69, 9.17) is 0 Å². The Labute approximate surface area is 196 Å². The van der Waals surface area contributed by atoms with Crippen LogP contribution in [0.1, 0.15) is 12.8 Å². The third-order valence-corrected chi connectivity index (χ3v) is 4.90. The SMILES string of the molecule is C=CCC(COCC(CC=C)C(F)(F)C(F)(F)C(F)(F)C(F)(F)F)C(F)(F)C(F)(F)C(F)(F)C(F)(F)F. The average molecular weight is 590 g/mol. The first-order valence-corrected chi connectivity index (χ1v) is 9.32. The van der Waals surface area contributed by atoms with Crippen molar-refractivity contribution in [3.63, 3.8) is 0 Å². The Morgan fingerprint density at radius 2 is 0.703 bits per heavy atom. The van der Waals surface area contributed by atoms with Crippen LogP contribution in [0.3, 0.4) is 0 Å². The van der Waals surface area contributed by atoms with Gasteiger partial charge in [0.2, 0.25) is 0 Å². The highest BCUT2D eigenvalue weighted by Gasteiger charge is 2.84. The molecule has 0 spiro atoms. The fraction of sp³-hybridized carbons (Fsp3) is 0.778. The first-order chi connectivity index (χ1) is 16.1. The molecule has 0 rings (SSSR count). The third-order valence-electron chi connectivity index (χ3n) is 4.90. The number of hydrogen-bond acceptors (Lipinski definition) is 1. The van der Waals surface area contributed by atoms with Crippen LogP contribution in [0.25, 0.3) is 0 Å². The number of halogens is 18. The van der Waals surface area contributed by atoms with Gasteiger partial charge < -0.3 is 4.74 Å².